The fourth-order valence-corrected chi connectivity index (χ4v) is 4.74. The van der Waals surface area contributed by atoms with E-state index in [9.17, 15) is 4.79 Å². The molecule has 8 nitrogen and oxygen atoms in total. The molecule has 2 aromatic carbocycles. The molecule has 1 amide bonds. The minimum absolute atomic E-state index is 0.0551. The number of carbonyl (C=O) groups excluding carboxylic acids is 1. The highest BCUT2D eigenvalue weighted by molar-refractivity contribution is 5.82. The molecule has 1 saturated heterocycles. The molecule has 4 heterocycles. The first-order chi connectivity index (χ1) is 17.7. The van der Waals surface area contributed by atoms with Crippen LogP contribution in [0.2, 0.25) is 0 Å². The lowest BCUT2D eigenvalue weighted by Gasteiger charge is -2.25. The van der Waals surface area contributed by atoms with Crippen LogP contribution in [0.3, 0.4) is 0 Å². The van der Waals surface area contributed by atoms with E-state index in [1.807, 2.05) is 53.4 Å². The summed E-state index contributed by atoms with van der Waals surface area (Å²) in [5.74, 6) is 2.78. The molecule has 1 atom stereocenters. The highest BCUT2D eigenvalue weighted by Gasteiger charge is 2.31. The Balaban J connectivity index is 1.40. The number of aromatic nitrogens is 5. The molecule has 1 N–H and O–H groups in total. The van der Waals surface area contributed by atoms with Crippen LogP contribution in [-0.4, -0.2) is 42.3 Å². The minimum atomic E-state index is -0.0551. The van der Waals surface area contributed by atoms with Gasteiger partial charge in [0.1, 0.15) is 17.2 Å². The van der Waals surface area contributed by atoms with Crippen LogP contribution >= 0.6 is 0 Å². The fourth-order valence-electron chi connectivity index (χ4n) is 4.74. The Morgan fingerprint density at radius 1 is 1.00 bits per heavy atom. The fraction of sp³-hybridized carbons (Fsp3) is 0.179. The lowest BCUT2D eigenvalue weighted by Crippen LogP contribution is -2.28. The van der Waals surface area contributed by atoms with E-state index in [0.29, 0.717) is 23.1 Å². The van der Waals surface area contributed by atoms with Crippen molar-refractivity contribution in [2.24, 2.45) is 0 Å². The zero-order valence-electron chi connectivity index (χ0n) is 19.8. The molecule has 0 radical (unpaired) electrons. The number of nitrogens with zero attached hydrogens (tertiary/aromatic N) is 5. The number of amides is 1. The van der Waals surface area contributed by atoms with Crippen molar-refractivity contribution < 1.29 is 9.53 Å². The zero-order valence-corrected chi connectivity index (χ0v) is 19.8. The summed E-state index contributed by atoms with van der Waals surface area (Å²) in [6.07, 6.45) is 7.03. The number of nitrogens with one attached hydrogen (secondary N) is 1. The number of hydrogen-bond acceptors (Lipinski definition) is 6. The van der Waals surface area contributed by atoms with Gasteiger partial charge in [-0.1, -0.05) is 6.07 Å². The van der Waals surface area contributed by atoms with Gasteiger partial charge in [0.05, 0.1) is 17.1 Å². The molecule has 3 aromatic heterocycles. The number of pyridine rings is 1. The van der Waals surface area contributed by atoms with E-state index < -0.39 is 0 Å². The molecule has 1 aliphatic heterocycles. The topological polar surface area (TPSA) is 96.9 Å². The van der Waals surface area contributed by atoms with E-state index in [-0.39, 0.29) is 11.9 Å². The van der Waals surface area contributed by atoms with Crippen LogP contribution in [0.4, 0.5) is 0 Å². The normalized spacial score (nSPS) is 15.4. The molecule has 1 unspecified atom stereocenters. The first-order valence-corrected chi connectivity index (χ1v) is 11.9. The predicted octanol–water partition coefficient (Wildman–Crippen LogP) is 5.56. The summed E-state index contributed by atoms with van der Waals surface area (Å²) in [5, 5.41) is 0. The van der Waals surface area contributed by atoms with Gasteiger partial charge in [0.25, 0.3) is 0 Å². The predicted molar refractivity (Wildman–Crippen MR) is 136 cm³/mol. The van der Waals surface area contributed by atoms with E-state index in [1.165, 1.54) is 0 Å². The van der Waals surface area contributed by atoms with E-state index in [4.69, 9.17) is 9.72 Å². The molecule has 36 heavy (non-hydrogen) atoms. The molecule has 0 aliphatic carbocycles. The summed E-state index contributed by atoms with van der Waals surface area (Å²) < 4.78 is 6.42. The van der Waals surface area contributed by atoms with Crippen molar-refractivity contribution in [1.29, 1.82) is 0 Å². The summed E-state index contributed by atoms with van der Waals surface area (Å²) >= 11 is 0. The number of imidazole rings is 1. The highest BCUT2D eigenvalue weighted by atomic mass is 16.5. The molecule has 1 aliphatic rings. The van der Waals surface area contributed by atoms with Crippen molar-refractivity contribution in [2.75, 3.05) is 6.54 Å². The zero-order chi connectivity index (χ0) is 24.5. The highest BCUT2D eigenvalue weighted by Crippen LogP contribution is 2.41. The van der Waals surface area contributed by atoms with Crippen molar-refractivity contribution in [3.05, 3.63) is 84.8 Å². The van der Waals surface area contributed by atoms with Crippen LogP contribution in [0, 0.1) is 0 Å². The number of aromatic amines is 1. The molecule has 0 spiro atoms. The number of hydrogen-bond donors (Lipinski definition) is 1. The van der Waals surface area contributed by atoms with Crippen LogP contribution in [0.15, 0.2) is 79.3 Å². The van der Waals surface area contributed by atoms with Crippen LogP contribution in [0.25, 0.3) is 33.9 Å². The molecule has 8 heteroatoms. The molecule has 178 valence electrons. The summed E-state index contributed by atoms with van der Waals surface area (Å²) in [4.78, 5) is 35.5. The third-order valence-electron chi connectivity index (χ3n) is 6.44. The maximum Gasteiger partial charge on any atom is 0.219 e. The molecule has 0 bridgehead atoms. The SMILES string of the molecule is CC(=O)N1CCCC1c1cc2[nH]c(-c3ccccn3)nc2cc1Oc1ccc(-c2ncccn2)cc1. The molecule has 6 rings (SSSR count). The number of carbonyl (C=O) groups is 1. The Kier molecular flexibility index (Phi) is 5.61. The molecular weight excluding hydrogens is 452 g/mol. The van der Waals surface area contributed by atoms with Crippen LogP contribution < -0.4 is 4.74 Å². The third kappa shape index (κ3) is 4.17. The Hall–Kier alpha value is -4.59. The maximum absolute atomic E-state index is 12.4. The Bertz CT molecular complexity index is 1520. The second-order valence-electron chi connectivity index (χ2n) is 8.78. The van der Waals surface area contributed by atoms with Crippen molar-refractivity contribution >= 4 is 16.9 Å². The third-order valence-corrected chi connectivity index (χ3v) is 6.44. The summed E-state index contributed by atoms with van der Waals surface area (Å²) in [7, 11) is 0. The van der Waals surface area contributed by atoms with Gasteiger partial charge in [-0.15, -0.1) is 0 Å². The van der Waals surface area contributed by atoms with Crippen molar-refractivity contribution in [3.8, 4) is 34.4 Å². The standard InChI is InChI=1S/C28H24N6O2/c1-18(35)34-15-4-7-25(34)21-16-23-24(33-28(32-23)22-6-2-3-12-29-22)17-26(21)36-20-10-8-19(9-11-20)27-30-13-5-14-31-27/h2-3,5-6,8-14,16-17,25H,4,7,15H2,1H3,(H,32,33). The second-order valence-corrected chi connectivity index (χ2v) is 8.78. The van der Waals surface area contributed by atoms with E-state index in [0.717, 1.165) is 47.2 Å². The average Bonchev–Trinajstić information content (AvgIpc) is 3.57. The Morgan fingerprint density at radius 3 is 2.56 bits per heavy atom. The van der Waals surface area contributed by atoms with Gasteiger partial charge < -0.3 is 14.6 Å². The lowest BCUT2D eigenvalue weighted by atomic mass is 10.0. The van der Waals surface area contributed by atoms with Gasteiger partial charge in [0.2, 0.25) is 5.91 Å². The number of fused-ring (bicyclic) bond motifs is 1. The molecule has 0 saturated carbocycles. The maximum atomic E-state index is 12.4. The van der Waals surface area contributed by atoms with E-state index in [1.54, 1.807) is 31.6 Å². The van der Waals surface area contributed by atoms with Crippen molar-refractivity contribution in [3.63, 3.8) is 0 Å². The summed E-state index contributed by atoms with van der Waals surface area (Å²) in [5.41, 5.74) is 4.29. The van der Waals surface area contributed by atoms with Crippen LogP contribution in [0.5, 0.6) is 11.5 Å². The van der Waals surface area contributed by atoms with E-state index >= 15 is 0 Å². The van der Waals surface area contributed by atoms with E-state index in [2.05, 4.69) is 26.0 Å². The number of rotatable bonds is 5. The van der Waals surface area contributed by atoms with Gasteiger partial charge in [0.15, 0.2) is 11.6 Å². The van der Waals surface area contributed by atoms with Crippen molar-refractivity contribution in [1.82, 2.24) is 29.8 Å². The van der Waals surface area contributed by atoms with Gasteiger partial charge in [-0.2, -0.15) is 0 Å². The van der Waals surface area contributed by atoms with Crippen LogP contribution in [-0.2, 0) is 4.79 Å². The number of benzene rings is 2. The molecule has 5 aromatic rings. The van der Waals surface area contributed by atoms with Gasteiger partial charge in [-0.3, -0.25) is 9.78 Å². The number of ether oxygens (including phenoxy) is 1. The largest absolute Gasteiger partial charge is 0.457 e. The van der Waals surface area contributed by atoms with Gasteiger partial charge in [0, 0.05) is 49.3 Å². The number of H-pyrrole nitrogens is 1. The molecular formula is C28H24N6O2. The number of likely N-dealkylation sites (tertiary alicyclic amines) is 1. The minimum Gasteiger partial charge on any atom is -0.457 e. The van der Waals surface area contributed by atoms with Crippen molar-refractivity contribution in [2.45, 2.75) is 25.8 Å². The quantitative estimate of drug-likeness (QED) is 0.357. The average molecular weight is 477 g/mol. The summed E-state index contributed by atoms with van der Waals surface area (Å²) in [6, 6.07) is 19.2. The summed E-state index contributed by atoms with van der Waals surface area (Å²) in [6.45, 7) is 2.36. The lowest BCUT2D eigenvalue weighted by molar-refractivity contribution is -0.129. The smallest absolute Gasteiger partial charge is 0.219 e. The first-order valence-electron chi connectivity index (χ1n) is 11.9. The van der Waals surface area contributed by atoms with Gasteiger partial charge in [-0.05, 0) is 61.4 Å². The van der Waals surface area contributed by atoms with Crippen LogP contribution in [0.1, 0.15) is 31.4 Å². The van der Waals surface area contributed by atoms with Gasteiger partial charge in [-0.25, -0.2) is 15.0 Å². The monoisotopic (exact) mass is 476 g/mol. The first kappa shape index (κ1) is 21.9. The second kappa shape index (κ2) is 9.22. The molecule has 1 fully saturated rings. The Labute approximate surface area is 208 Å². The van der Waals surface area contributed by atoms with Gasteiger partial charge >= 0.3 is 0 Å². The Morgan fingerprint density at radius 2 is 1.81 bits per heavy atom.